The second-order valence-corrected chi connectivity index (χ2v) is 7.69. The van der Waals surface area contributed by atoms with E-state index in [1.807, 2.05) is 11.1 Å². The number of fused-ring (bicyclic) bond motifs is 1. The average molecular weight is 262 g/mol. The van der Waals surface area contributed by atoms with Crippen LogP contribution in [0.25, 0.3) is 0 Å². The molecule has 5 atom stereocenters. The van der Waals surface area contributed by atoms with Gasteiger partial charge in [0.1, 0.15) is 0 Å². The van der Waals surface area contributed by atoms with E-state index < -0.39 is 0 Å². The molecule has 19 heavy (non-hydrogen) atoms. The van der Waals surface area contributed by atoms with Gasteiger partial charge in [0.25, 0.3) is 0 Å². The fraction of sp³-hybridized carbons (Fsp3) is 0.895. The summed E-state index contributed by atoms with van der Waals surface area (Å²) in [7, 11) is 0. The summed E-state index contributed by atoms with van der Waals surface area (Å²) >= 11 is 0. The molecule has 0 aromatic rings. The number of allylic oxidation sites excluding steroid dienone is 2. The van der Waals surface area contributed by atoms with E-state index in [1.54, 1.807) is 0 Å². The lowest BCUT2D eigenvalue weighted by Gasteiger charge is -2.32. The SMILES string of the molecule is CCC(C)C1=C2CCCC2C(C(C)C(C)C(C)C)C1. The highest BCUT2D eigenvalue weighted by molar-refractivity contribution is 5.29. The molecule has 0 aliphatic heterocycles. The highest BCUT2D eigenvalue weighted by atomic mass is 14.5. The maximum absolute atomic E-state index is 2.53. The Labute approximate surface area is 121 Å². The van der Waals surface area contributed by atoms with Crippen molar-refractivity contribution in [2.45, 2.75) is 73.6 Å². The molecule has 2 aliphatic carbocycles. The van der Waals surface area contributed by atoms with Crippen molar-refractivity contribution in [3.63, 3.8) is 0 Å². The molecule has 0 N–H and O–H groups in total. The zero-order chi connectivity index (χ0) is 14.2. The van der Waals surface area contributed by atoms with Gasteiger partial charge in [-0.2, -0.15) is 0 Å². The first-order valence-electron chi connectivity index (χ1n) is 8.69. The van der Waals surface area contributed by atoms with Crippen molar-refractivity contribution in [3.05, 3.63) is 11.1 Å². The molecule has 0 saturated heterocycles. The Balaban J connectivity index is 2.15. The van der Waals surface area contributed by atoms with E-state index in [4.69, 9.17) is 0 Å². The fourth-order valence-corrected chi connectivity index (χ4v) is 4.58. The Morgan fingerprint density at radius 2 is 1.79 bits per heavy atom. The predicted molar refractivity (Wildman–Crippen MR) is 85.1 cm³/mol. The van der Waals surface area contributed by atoms with E-state index in [-0.39, 0.29) is 0 Å². The van der Waals surface area contributed by atoms with Gasteiger partial charge in [0.05, 0.1) is 0 Å². The van der Waals surface area contributed by atoms with Crippen LogP contribution < -0.4 is 0 Å². The monoisotopic (exact) mass is 262 g/mol. The van der Waals surface area contributed by atoms with Gasteiger partial charge in [-0.15, -0.1) is 0 Å². The van der Waals surface area contributed by atoms with Crippen molar-refractivity contribution in [2.24, 2.45) is 35.5 Å². The number of rotatable bonds is 5. The van der Waals surface area contributed by atoms with E-state index in [9.17, 15) is 0 Å². The molecule has 0 heteroatoms. The van der Waals surface area contributed by atoms with Crippen molar-refractivity contribution in [1.29, 1.82) is 0 Å². The van der Waals surface area contributed by atoms with E-state index >= 15 is 0 Å². The summed E-state index contributed by atoms with van der Waals surface area (Å²) in [5, 5.41) is 0. The van der Waals surface area contributed by atoms with Gasteiger partial charge < -0.3 is 0 Å². The molecule has 5 unspecified atom stereocenters. The van der Waals surface area contributed by atoms with Crippen molar-refractivity contribution < 1.29 is 0 Å². The van der Waals surface area contributed by atoms with Crippen LogP contribution >= 0.6 is 0 Å². The van der Waals surface area contributed by atoms with Crippen LogP contribution in [0, 0.1) is 35.5 Å². The minimum absolute atomic E-state index is 0.826. The molecule has 0 amide bonds. The summed E-state index contributed by atoms with van der Waals surface area (Å²) in [6, 6.07) is 0. The lowest BCUT2D eigenvalue weighted by atomic mass is 9.73. The molecule has 0 heterocycles. The largest absolute Gasteiger partial charge is 0.0676 e. The minimum Gasteiger partial charge on any atom is -0.0676 e. The van der Waals surface area contributed by atoms with Crippen LogP contribution in [0.15, 0.2) is 11.1 Å². The van der Waals surface area contributed by atoms with Crippen molar-refractivity contribution in [2.75, 3.05) is 0 Å². The molecular weight excluding hydrogens is 228 g/mol. The van der Waals surface area contributed by atoms with Gasteiger partial charge in [-0.3, -0.25) is 0 Å². The van der Waals surface area contributed by atoms with Crippen molar-refractivity contribution >= 4 is 0 Å². The van der Waals surface area contributed by atoms with Gasteiger partial charge in [-0.05, 0) is 67.6 Å². The van der Waals surface area contributed by atoms with Gasteiger partial charge in [0.2, 0.25) is 0 Å². The first-order chi connectivity index (χ1) is 8.97. The number of hydrogen-bond acceptors (Lipinski definition) is 0. The molecule has 2 aliphatic rings. The van der Waals surface area contributed by atoms with Gasteiger partial charge in [-0.1, -0.05) is 52.7 Å². The molecule has 2 rings (SSSR count). The van der Waals surface area contributed by atoms with Gasteiger partial charge in [-0.25, -0.2) is 0 Å². The quantitative estimate of drug-likeness (QED) is 0.527. The lowest BCUT2D eigenvalue weighted by molar-refractivity contribution is 0.179. The lowest BCUT2D eigenvalue weighted by Crippen LogP contribution is -2.25. The molecule has 0 nitrogen and oxygen atoms in total. The Kier molecular flexibility index (Phi) is 4.79. The molecule has 1 saturated carbocycles. The van der Waals surface area contributed by atoms with Crippen LogP contribution in [0.3, 0.4) is 0 Å². The van der Waals surface area contributed by atoms with Crippen molar-refractivity contribution in [3.8, 4) is 0 Å². The van der Waals surface area contributed by atoms with Gasteiger partial charge in [0, 0.05) is 0 Å². The summed E-state index contributed by atoms with van der Waals surface area (Å²) < 4.78 is 0. The second-order valence-electron chi connectivity index (χ2n) is 7.69. The smallest absolute Gasteiger partial charge is 0.0166 e. The van der Waals surface area contributed by atoms with Gasteiger partial charge in [0.15, 0.2) is 0 Å². The fourth-order valence-electron chi connectivity index (χ4n) is 4.58. The van der Waals surface area contributed by atoms with Gasteiger partial charge >= 0.3 is 0 Å². The third kappa shape index (κ3) is 2.78. The average Bonchev–Trinajstić information content (AvgIpc) is 2.97. The normalized spacial score (nSPS) is 31.7. The molecule has 0 spiro atoms. The molecule has 0 aromatic carbocycles. The molecule has 1 fully saturated rings. The zero-order valence-electron chi connectivity index (χ0n) is 14.0. The Morgan fingerprint density at radius 3 is 2.37 bits per heavy atom. The maximum atomic E-state index is 2.53. The Hall–Kier alpha value is -0.260. The van der Waals surface area contributed by atoms with Crippen LogP contribution in [0.1, 0.15) is 73.6 Å². The Bertz CT molecular complexity index is 336. The van der Waals surface area contributed by atoms with Crippen LogP contribution in [0.4, 0.5) is 0 Å². The summed E-state index contributed by atoms with van der Waals surface area (Å²) in [6.45, 7) is 14.6. The molecular formula is C19H34. The van der Waals surface area contributed by atoms with Crippen LogP contribution in [0.2, 0.25) is 0 Å². The number of hydrogen-bond donors (Lipinski definition) is 0. The topological polar surface area (TPSA) is 0 Å². The van der Waals surface area contributed by atoms with Crippen LogP contribution in [-0.2, 0) is 0 Å². The standard InChI is InChI=1S/C19H34/c1-7-13(4)18-11-19(15(6)14(5)12(2)3)17-10-8-9-16(17)18/h12-15,17,19H,7-11H2,1-6H3. The summed E-state index contributed by atoms with van der Waals surface area (Å²) in [6.07, 6.45) is 7.11. The first kappa shape index (κ1) is 15.1. The predicted octanol–water partition coefficient (Wildman–Crippen LogP) is 6.08. The van der Waals surface area contributed by atoms with E-state index in [0.717, 1.165) is 35.5 Å². The summed E-state index contributed by atoms with van der Waals surface area (Å²) in [5.41, 5.74) is 3.78. The molecule has 0 aromatic heterocycles. The second kappa shape index (κ2) is 6.02. The van der Waals surface area contributed by atoms with Crippen molar-refractivity contribution in [1.82, 2.24) is 0 Å². The maximum Gasteiger partial charge on any atom is -0.0166 e. The minimum atomic E-state index is 0.826. The summed E-state index contributed by atoms with van der Waals surface area (Å²) in [4.78, 5) is 0. The molecule has 110 valence electrons. The highest BCUT2D eigenvalue weighted by Crippen LogP contribution is 2.53. The van der Waals surface area contributed by atoms with E-state index in [0.29, 0.717) is 0 Å². The summed E-state index contributed by atoms with van der Waals surface area (Å²) in [5.74, 6) is 5.33. The van der Waals surface area contributed by atoms with Crippen LogP contribution in [0.5, 0.6) is 0 Å². The highest BCUT2D eigenvalue weighted by Gasteiger charge is 2.42. The Morgan fingerprint density at radius 1 is 1.11 bits per heavy atom. The van der Waals surface area contributed by atoms with Crippen LogP contribution in [-0.4, -0.2) is 0 Å². The first-order valence-corrected chi connectivity index (χ1v) is 8.69. The third-order valence-electron chi connectivity index (χ3n) is 6.56. The molecule has 0 bridgehead atoms. The third-order valence-corrected chi connectivity index (χ3v) is 6.56. The van der Waals surface area contributed by atoms with E-state index in [2.05, 4.69) is 41.5 Å². The van der Waals surface area contributed by atoms with E-state index in [1.165, 1.54) is 32.1 Å². The zero-order valence-corrected chi connectivity index (χ0v) is 14.0. The molecule has 0 radical (unpaired) electrons.